The van der Waals surface area contributed by atoms with Gasteiger partial charge in [0.15, 0.2) is 0 Å². The van der Waals surface area contributed by atoms with Gasteiger partial charge in [-0.2, -0.15) is 0 Å². The number of ether oxygens (including phenoxy) is 1. The minimum atomic E-state index is -0.0429. The Morgan fingerprint density at radius 2 is 1.74 bits per heavy atom. The summed E-state index contributed by atoms with van der Waals surface area (Å²) in [6.45, 7) is 8.62. The van der Waals surface area contributed by atoms with Crippen molar-refractivity contribution >= 4 is 0 Å². The van der Waals surface area contributed by atoms with Gasteiger partial charge in [-0.25, -0.2) is 0 Å². The maximum atomic E-state index is 10.3. The second-order valence-electron chi connectivity index (χ2n) is 6.60. The minimum Gasteiger partial charge on any atom is -0.393 e. The highest BCUT2D eigenvalue weighted by Crippen LogP contribution is 2.44. The van der Waals surface area contributed by atoms with Crippen LogP contribution in [0.25, 0.3) is 0 Å². The summed E-state index contributed by atoms with van der Waals surface area (Å²) in [6, 6.07) is 0. The van der Waals surface area contributed by atoms with E-state index in [4.69, 9.17) is 4.74 Å². The molecule has 1 saturated carbocycles. The molecule has 2 aliphatic heterocycles. The Morgan fingerprint density at radius 3 is 2.47 bits per heavy atom. The lowest BCUT2D eigenvalue weighted by Crippen LogP contribution is -2.49. The predicted octanol–water partition coefficient (Wildman–Crippen LogP) is 0.946. The van der Waals surface area contributed by atoms with Crippen molar-refractivity contribution < 1.29 is 9.84 Å². The molecule has 2 heterocycles. The minimum absolute atomic E-state index is 0.0429. The molecule has 0 amide bonds. The molecule has 0 aromatic carbocycles. The molecule has 2 atom stereocenters. The molecule has 3 rings (SSSR count). The van der Waals surface area contributed by atoms with E-state index >= 15 is 0 Å². The number of morpholine rings is 1. The van der Waals surface area contributed by atoms with Gasteiger partial charge >= 0.3 is 0 Å². The first-order valence-corrected chi connectivity index (χ1v) is 7.99. The Bertz CT molecular complexity index is 294. The van der Waals surface area contributed by atoms with Crippen LogP contribution in [-0.4, -0.2) is 73.5 Å². The lowest BCUT2D eigenvalue weighted by atomic mass is 9.77. The number of hydrogen-bond acceptors (Lipinski definition) is 4. The third kappa shape index (κ3) is 3.13. The number of piperidine rings is 1. The molecule has 4 heteroatoms. The Balaban J connectivity index is 1.48. The number of rotatable bonds is 3. The zero-order valence-corrected chi connectivity index (χ0v) is 12.0. The van der Waals surface area contributed by atoms with Gasteiger partial charge in [-0.15, -0.1) is 0 Å². The normalized spacial score (nSPS) is 38.1. The van der Waals surface area contributed by atoms with Crippen LogP contribution in [0.15, 0.2) is 0 Å². The van der Waals surface area contributed by atoms with Gasteiger partial charge < -0.3 is 14.7 Å². The van der Waals surface area contributed by atoms with Crippen LogP contribution in [0.3, 0.4) is 0 Å². The maximum absolute atomic E-state index is 10.3. The number of hydrogen-bond donors (Lipinski definition) is 1. The van der Waals surface area contributed by atoms with Crippen LogP contribution >= 0.6 is 0 Å². The van der Waals surface area contributed by atoms with Crippen LogP contribution in [-0.2, 0) is 4.74 Å². The highest BCUT2D eigenvalue weighted by Gasteiger charge is 2.44. The second kappa shape index (κ2) is 6.08. The molecule has 3 aliphatic rings. The van der Waals surface area contributed by atoms with Crippen LogP contribution < -0.4 is 0 Å². The van der Waals surface area contributed by atoms with Crippen LogP contribution in [0, 0.1) is 5.41 Å². The summed E-state index contributed by atoms with van der Waals surface area (Å²) in [5.41, 5.74) is 0.239. The van der Waals surface area contributed by atoms with Crippen molar-refractivity contribution in [2.75, 3.05) is 52.5 Å². The molecule has 110 valence electrons. The molecule has 0 radical (unpaired) electrons. The van der Waals surface area contributed by atoms with Crippen LogP contribution in [0.4, 0.5) is 0 Å². The summed E-state index contributed by atoms with van der Waals surface area (Å²) in [7, 11) is 0. The van der Waals surface area contributed by atoms with Gasteiger partial charge in [0.1, 0.15) is 0 Å². The summed E-state index contributed by atoms with van der Waals surface area (Å²) in [5.74, 6) is 0. The highest BCUT2D eigenvalue weighted by atomic mass is 16.5. The zero-order chi connectivity index (χ0) is 13.1. The van der Waals surface area contributed by atoms with Gasteiger partial charge in [0.25, 0.3) is 0 Å². The fraction of sp³-hybridized carbons (Fsp3) is 1.00. The first-order valence-electron chi connectivity index (χ1n) is 7.99. The summed E-state index contributed by atoms with van der Waals surface area (Å²) in [6.07, 6.45) is 5.94. The first-order chi connectivity index (χ1) is 9.28. The van der Waals surface area contributed by atoms with E-state index in [2.05, 4.69) is 9.80 Å². The van der Waals surface area contributed by atoms with E-state index in [1.807, 2.05) is 0 Å². The Morgan fingerprint density at radius 1 is 1.00 bits per heavy atom. The monoisotopic (exact) mass is 268 g/mol. The lowest BCUT2D eigenvalue weighted by Gasteiger charge is -2.43. The van der Waals surface area contributed by atoms with E-state index in [-0.39, 0.29) is 11.5 Å². The van der Waals surface area contributed by atoms with Crippen molar-refractivity contribution in [3.05, 3.63) is 0 Å². The van der Waals surface area contributed by atoms with Gasteiger partial charge in [-0.05, 0) is 32.2 Å². The summed E-state index contributed by atoms with van der Waals surface area (Å²) in [5, 5.41) is 10.3. The fourth-order valence-electron chi connectivity index (χ4n) is 4.15. The summed E-state index contributed by atoms with van der Waals surface area (Å²) in [4.78, 5) is 5.10. The van der Waals surface area contributed by atoms with E-state index in [0.29, 0.717) is 0 Å². The van der Waals surface area contributed by atoms with Gasteiger partial charge in [-0.1, -0.05) is 6.42 Å². The molecule has 0 bridgehead atoms. The molecule has 19 heavy (non-hydrogen) atoms. The van der Waals surface area contributed by atoms with E-state index in [1.54, 1.807) is 0 Å². The number of likely N-dealkylation sites (tertiary alicyclic amines) is 1. The SMILES string of the molecule is O[C@@H]1CCC[C@@]12CCCN(CCN1CCOCC1)C2. The number of aliphatic hydroxyl groups is 1. The highest BCUT2D eigenvalue weighted by molar-refractivity contribution is 4.96. The lowest BCUT2D eigenvalue weighted by molar-refractivity contribution is -0.0164. The summed E-state index contributed by atoms with van der Waals surface area (Å²) >= 11 is 0. The summed E-state index contributed by atoms with van der Waals surface area (Å²) < 4.78 is 5.39. The van der Waals surface area contributed by atoms with Gasteiger partial charge in [0.2, 0.25) is 0 Å². The Labute approximate surface area is 116 Å². The maximum Gasteiger partial charge on any atom is 0.0608 e. The molecule has 0 unspecified atom stereocenters. The molecular weight excluding hydrogens is 240 g/mol. The molecule has 0 aromatic rings. The molecule has 3 fully saturated rings. The van der Waals surface area contributed by atoms with E-state index < -0.39 is 0 Å². The third-order valence-corrected chi connectivity index (χ3v) is 5.38. The molecular formula is C15H28N2O2. The quantitative estimate of drug-likeness (QED) is 0.826. The van der Waals surface area contributed by atoms with Crippen molar-refractivity contribution in [1.82, 2.24) is 9.80 Å². The largest absolute Gasteiger partial charge is 0.393 e. The smallest absolute Gasteiger partial charge is 0.0608 e. The Hall–Kier alpha value is -0.160. The average Bonchev–Trinajstić information content (AvgIpc) is 2.79. The molecule has 1 spiro atoms. The average molecular weight is 268 g/mol. The van der Waals surface area contributed by atoms with Crippen molar-refractivity contribution in [3.63, 3.8) is 0 Å². The Kier molecular flexibility index (Phi) is 4.42. The van der Waals surface area contributed by atoms with Crippen molar-refractivity contribution in [3.8, 4) is 0 Å². The molecule has 1 N–H and O–H groups in total. The zero-order valence-electron chi connectivity index (χ0n) is 12.0. The molecule has 2 saturated heterocycles. The topological polar surface area (TPSA) is 35.9 Å². The predicted molar refractivity (Wildman–Crippen MR) is 75.2 cm³/mol. The molecule has 4 nitrogen and oxygen atoms in total. The first kappa shape index (κ1) is 13.8. The fourth-order valence-corrected chi connectivity index (χ4v) is 4.15. The van der Waals surface area contributed by atoms with E-state index in [0.717, 1.165) is 52.4 Å². The van der Waals surface area contributed by atoms with Gasteiger partial charge in [0, 0.05) is 38.1 Å². The third-order valence-electron chi connectivity index (χ3n) is 5.38. The van der Waals surface area contributed by atoms with Crippen molar-refractivity contribution in [1.29, 1.82) is 0 Å². The van der Waals surface area contributed by atoms with Crippen molar-refractivity contribution in [2.24, 2.45) is 5.41 Å². The van der Waals surface area contributed by atoms with Gasteiger partial charge in [-0.3, -0.25) is 4.90 Å². The standard InChI is InChI=1S/C15H28N2O2/c18-14-3-1-4-15(14)5-2-6-17(13-15)8-7-16-9-11-19-12-10-16/h14,18H,1-13H2/t14-,15+/m1/s1. The van der Waals surface area contributed by atoms with Crippen LogP contribution in [0.5, 0.6) is 0 Å². The second-order valence-corrected chi connectivity index (χ2v) is 6.60. The number of aliphatic hydroxyl groups excluding tert-OH is 1. The van der Waals surface area contributed by atoms with Crippen molar-refractivity contribution in [2.45, 2.75) is 38.2 Å². The van der Waals surface area contributed by atoms with E-state index in [9.17, 15) is 5.11 Å². The van der Waals surface area contributed by atoms with Crippen LogP contribution in [0.1, 0.15) is 32.1 Å². The van der Waals surface area contributed by atoms with Gasteiger partial charge in [0.05, 0.1) is 19.3 Å². The molecule has 0 aromatic heterocycles. The molecule has 1 aliphatic carbocycles. The van der Waals surface area contributed by atoms with E-state index in [1.165, 1.54) is 32.2 Å². The number of nitrogens with zero attached hydrogens (tertiary/aromatic N) is 2. The van der Waals surface area contributed by atoms with Crippen LogP contribution in [0.2, 0.25) is 0 Å².